The Labute approximate surface area is 165 Å². The van der Waals surface area contributed by atoms with Crippen LogP contribution in [0.15, 0.2) is 66.9 Å². The second kappa shape index (κ2) is 8.66. The zero-order valence-corrected chi connectivity index (χ0v) is 15.5. The van der Waals surface area contributed by atoms with Crippen LogP contribution in [0, 0.1) is 0 Å². The van der Waals surface area contributed by atoms with E-state index in [0.717, 1.165) is 0 Å². The molecule has 0 saturated heterocycles. The molecule has 0 aliphatic heterocycles. The van der Waals surface area contributed by atoms with Crippen LogP contribution >= 0.6 is 23.2 Å². The third-order valence-corrected chi connectivity index (χ3v) is 4.18. The number of hydrogen-bond donors (Lipinski definition) is 1. The van der Waals surface area contributed by atoms with Crippen molar-refractivity contribution in [1.82, 2.24) is 4.98 Å². The first kappa shape index (κ1) is 18.9. The largest absolute Gasteiger partial charge is 0.484 e. The van der Waals surface area contributed by atoms with Crippen molar-refractivity contribution in [3.05, 3.63) is 88.2 Å². The van der Waals surface area contributed by atoms with E-state index in [2.05, 4.69) is 10.3 Å². The summed E-state index contributed by atoms with van der Waals surface area (Å²) >= 11 is 11.7. The number of carbonyl (C=O) groups is 2. The van der Waals surface area contributed by atoms with Crippen molar-refractivity contribution >= 4 is 40.6 Å². The second-order valence-corrected chi connectivity index (χ2v) is 6.33. The van der Waals surface area contributed by atoms with Gasteiger partial charge in [0.15, 0.2) is 17.5 Å². The van der Waals surface area contributed by atoms with Gasteiger partial charge < -0.3 is 10.1 Å². The highest BCUT2D eigenvalue weighted by Crippen LogP contribution is 2.19. The predicted octanol–water partition coefficient (Wildman–Crippen LogP) is 4.64. The number of nitrogens with zero attached hydrogens (tertiary/aromatic N) is 1. The maximum absolute atomic E-state index is 12.4. The Morgan fingerprint density at radius 2 is 1.56 bits per heavy atom. The van der Waals surface area contributed by atoms with Crippen molar-refractivity contribution in [3.8, 4) is 5.75 Å². The molecule has 3 aromatic rings. The van der Waals surface area contributed by atoms with Gasteiger partial charge in [-0.2, -0.15) is 0 Å². The van der Waals surface area contributed by atoms with Crippen LogP contribution in [0.5, 0.6) is 5.75 Å². The standard InChI is InChI=1S/C20H14Cl2N2O3/c21-15-7-3-13(4-8-15)19(26)14-5-9-16(10-6-14)27-12-18(25)24-17-2-1-11-23-20(17)22/h1-11H,12H2,(H,24,25). The molecule has 7 heteroatoms. The summed E-state index contributed by atoms with van der Waals surface area (Å²) in [5.74, 6) is -0.0245. The number of ketones is 1. The zero-order chi connectivity index (χ0) is 19.2. The van der Waals surface area contributed by atoms with E-state index in [1.165, 1.54) is 6.20 Å². The number of ether oxygens (including phenoxy) is 1. The van der Waals surface area contributed by atoms with E-state index in [0.29, 0.717) is 27.6 Å². The van der Waals surface area contributed by atoms with Gasteiger partial charge in [0.05, 0.1) is 5.69 Å². The first-order chi connectivity index (χ1) is 13.0. The van der Waals surface area contributed by atoms with Gasteiger partial charge in [0.25, 0.3) is 5.91 Å². The summed E-state index contributed by atoms with van der Waals surface area (Å²) in [6.07, 6.45) is 1.53. The Balaban J connectivity index is 1.57. The molecule has 1 amide bonds. The topological polar surface area (TPSA) is 68.3 Å². The number of rotatable bonds is 6. The Morgan fingerprint density at radius 1 is 0.926 bits per heavy atom. The molecule has 0 saturated carbocycles. The first-order valence-corrected chi connectivity index (χ1v) is 8.72. The minimum atomic E-state index is -0.369. The normalized spacial score (nSPS) is 10.3. The molecular weight excluding hydrogens is 387 g/mol. The molecule has 0 atom stereocenters. The van der Waals surface area contributed by atoms with E-state index in [1.807, 2.05) is 0 Å². The van der Waals surface area contributed by atoms with Gasteiger partial charge in [-0.15, -0.1) is 0 Å². The Kier molecular flexibility index (Phi) is 6.06. The SMILES string of the molecule is O=C(COc1ccc(C(=O)c2ccc(Cl)cc2)cc1)Nc1cccnc1Cl. The highest BCUT2D eigenvalue weighted by Gasteiger charge is 2.10. The molecule has 1 aromatic heterocycles. The minimum absolute atomic E-state index is 0.123. The first-order valence-electron chi connectivity index (χ1n) is 7.96. The lowest BCUT2D eigenvalue weighted by atomic mass is 10.0. The number of amides is 1. The molecule has 0 spiro atoms. The summed E-state index contributed by atoms with van der Waals surface area (Å²) in [6.45, 7) is -0.199. The van der Waals surface area contributed by atoms with Gasteiger partial charge >= 0.3 is 0 Å². The van der Waals surface area contributed by atoms with Crippen LogP contribution in [-0.4, -0.2) is 23.3 Å². The van der Waals surface area contributed by atoms with Gasteiger partial charge in [-0.25, -0.2) is 4.98 Å². The number of hydrogen-bond acceptors (Lipinski definition) is 4. The van der Waals surface area contributed by atoms with Gasteiger partial charge in [-0.05, 0) is 60.7 Å². The van der Waals surface area contributed by atoms with Gasteiger partial charge in [0.1, 0.15) is 5.75 Å². The van der Waals surface area contributed by atoms with Gasteiger partial charge in [-0.3, -0.25) is 9.59 Å². The van der Waals surface area contributed by atoms with E-state index < -0.39 is 0 Å². The molecular formula is C20H14Cl2N2O3. The van der Waals surface area contributed by atoms with Crippen molar-refractivity contribution in [2.45, 2.75) is 0 Å². The smallest absolute Gasteiger partial charge is 0.262 e. The fourth-order valence-electron chi connectivity index (χ4n) is 2.28. The van der Waals surface area contributed by atoms with Gasteiger partial charge in [0, 0.05) is 22.3 Å². The van der Waals surface area contributed by atoms with E-state index in [1.54, 1.807) is 60.7 Å². The fourth-order valence-corrected chi connectivity index (χ4v) is 2.58. The van der Waals surface area contributed by atoms with Crippen LogP contribution in [-0.2, 0) is 4.79 Å². The lowest BCUT2D eigenvalue weighted by Crippen LogP contribution is -2.20. The van der Waals surface area contributed by atoms with E-state index in [4.69, 9.17) is 27.9 Å². The second-order valence-electron chi connectivity index (χ2n) is 5.54. The molecule has 0 aliphatic rings. The monoisotopic (exact) mass is 400 g/mol. The van der Waals surface area contributed by atoms with Gasteiger partial charge in [-0.1, -0.05) is 23.2 Å². The van der Waals surface area contributed by atoms with Crippen molar-refractivity contribution in [3.63, 3.8) is 0 Å². The van der Waals surface area contributed by atoms with Crippen LogP contribution in [0.25, 0.3) is 0 Å². The summed E-state index contributed by atoms with van der Waals surface area (Å²) < 4.78 is 5.43. The van der Waals surface area contributed by atoms with Crippen LogP contribution in [0.2, 0.25) is 10.2 Å². The Morgan fingerprint density at radius 3 is 2.19 bits per heavy atom. The van der Waals surface area contributed by atoms with Gasteiger partial charge in [0.2, 0.25) is 0 Å². The van der Waals surface area contributed by atoms with E-state index >= 15 is 0 Å². The van der Waals surface area contributed by atoms with Crippen LogP contribution in [0.4, 0.5) is 5.69 Å². The van der Waals surface area contributed by atoms with Crippen molar-refractivity contribution in [2.24, 2.45) is 0 Å². The lowest BCUT2D eigenvalue weighted by molar-refractivity contribution is -0.118. The summed E-state index contributed by atoms with van der Waals surface area (Å²) in [4.78, 5) is 28.2. The molecule has 1 N–H and O–H groups in total. The molecule has 0 bridgehead atoms. The highest BCUT2D eigenvalue weighted by atomic mass is 35.5. The number of carbonyl (C=O) groups excluding carboxylic acids is 2. The summed E-state index contributed by atoms with van der Waals surface area (Å²) in [5.41, 5.74) is 1.47. The fraction of sp³-hybridized carbons (Fsp3) is 0.0500. The summed E-state index contributed by atoms with van der Waals surface area (Å²) in [5, 5.41) is 3.39. The van der Waals surface area contributed by atoms with E-state index in [9.17, 15) is 9.59 Å². The number of aromatic nitrogens is 1. The maximum Gasteiger partial charge on any atom is 0.262 e. The average molecular weight is 401 g/mol. The number of benzene rings is 2. The molecule has 0 unspecified atom stereocenters. The Bertz CT molecular complexity index is 958. The number of anilines is 1. The quantitative estimate of drug-likeness (QED) is 0.483. The molecule has 2 aromatic carbocycles. The summed E-state index contributed by atoms with van der Waals surface area (Å²) in [7, 11) is 0. The molecule has 1 heterocycles. The van der Waals surface area contributed by atoms with E-state index in [-0.39, 0.29) is 23.5 Å². The number of nitrogens with one attached hydrogen (secondary N) is 1. The maximum atomic E-state index is 12.4. The minimum Gasteiger partial charge on any atom is -0.484 e. The Hall–Kier alpha value is -2.89. The van der Waals surface area contributed by atoms with Crippen molar-refractivity contribution in [2.75, 3.05) is 11.9 Å². The number of halogens is 2. The molecule has 3 rings (SSSR count). The molecule has 0 fully saturated rings. The van der Waals surface area contributed by atoms with Crippen LogP contribution in [0.1, 0.15) is 15.9 Å². The average Bonchev–Trinajstić information content (AvgIpc) is 2.69. The number of pyridine rings is 1. The van der Waals surface area contributed by atoms with Crippen LogP contribution in [0.3, 0.4) is 0 Å². The van der Waals surface area contributed by atoms with Crippen LogP contribution < -0.4 is 10.1 Å². The lowest BCUT2D eigenvalue weighted by Gasteiger charge is -2.09. The zero-order valence-electron chi connectivity index (χ0n) is 14.0. The summed E-state index contributed by atoms with van der Waals surface area (Å²) in [6, 6.07) is 16.5. The molecule has 5 nitrogen and oxygen atoms in total. The third-order valence-electron chi connectivity index (χ3n) is 3.63. The molecule has 136 valence electrons. The predicted molar refractivity (Wildman–Crippen MR) is 105 cm³/mol. The highest BCUT2D eigenvalue weighted by molar-refractivity contribution is 6.32. The molecule has 0 radical (unpaired) electrons. The van der Waals surface area contributed by atoms with Crippen molar-refractivity contribution < 1.29 is 14.3 Å². The third kappa shape index (κ3) is 5.06. The molecule has 27 heavy (non-hydrogen) atoms. The van der Waals surface area contributed by atoms with Crippen molar-refractivity contribution in [1.29, 1.82) is 0 Å². The molecule has 0 aliphatic carbocycles.